The normalized spacial score (nSPS) is 19.3. The standard InChI is InChI=1S/C23H37FN4O2.HI/c1-4-25-23(26-14-17(2)15-28-9-11-29-12-10-28)27-18(3)20-7-8-22(21(24)13-20)30-16-19-5-6-19;/h7-8,13,17-19H,4-6,9-12,14-16H2,1-3H3,(H2,25,26,27);1H. The Labute approximate surface area is 203 Å². The molecular formula is C23H38FIN4O2. The lowest BCUT2D eigenvalue weighted by Gasteiger charge is -2.28. The number of halogens is 2. The molecule has 1 aromatic carbocycles. The summed E-state index contributed by atoms with van der Waals surface area (Å²) in [5.74, 6) is 1.86. The van der Waals surface area contributed by atoms with Gasteiger partial charge in [-0.1, -0.05) is 13.0 Å². The van der Waals surface area contributed by atoms with Crippen LogP contribution in [-0.4, -0.2) is 63.4 Å². The van der Waals surface area contributed by atoms with E-state index in [9.17, 15) is 4.39 Å². The first-order valence-corrected chi connectivity index (χ1v) is 11.3. The Balaban J connectivity index is 0.00000341. The molecule has 0 bridgehead atoms. The number of benzene rings is 1. The van der Waals surface area contributed by atoms with E-state index >= 15 is 0 Å². The highest BCUT2D eigenvalue weighted by Crippen LogP contribution is 2.30. The van der Waals surface area contributed by atoms with Gasteiger partial charge >= 0.3 is 0 Å². The van der Waals surface area contributed by atoms with E-state index in [-0.39, 0.29) is 35.8 Å². The van der Waals surface area contributed by atoms with E-state index < -0.39 is 0 Å². The summed E-state index contributed by atoms with van der Waals surface area (Å²) < 4.78 is 25.4. The number of hydrogen-bond acceptors (Lipinski definition) is 4. The van der Waals surface area contributed by atoms with Crippen molar-refractivity contribution in [3.8, 4) is 5.75 Å². The molecule has 2 aliphatic rings. The van der Waals surface area contributed by atoms with E-state index in [2.05, 4.69) is 22.5 Å². The molecule has 31 heavy (non-hydrogen) atoms. The third-order valence-corrected chi connectivity index (χ3v) is 5.56. The first-order chi connectivity index (χ1) is 14.5. The predicted octanol–water partition coefficient (Wildman–Crippen LogP) is 3.82. The number of nitrogens with one attached hydrogen (secondary N) is 2. The monoisotopic (exact) mass is 548 g/mol. The fourth-order valence-electron chi connectivity index (χ4n) is 3.53. The molecule has 1 aliphatic carbocycles. The first-order valence-electron chi connectivity index (χ1n) is 11.3. The summed E-state index contributed by atoms with van der Waals surface area (Å²) >= 11 is 0. The van der Waals surface area contributed by atoms with Crippen LogP contribution in [0.4, 0.5) is 4.39 Å². The summed E-state index contributed by atoms with van der Waals surface area (Å²) in [4.78, 5) is 7.19. The topological polar surface area (TPSA) is 58.1 Å². The number of hydrogen-bond donors (Lipinski definition) is 2. The first kappa shape index (κ1) is 26.1. The van der Waals surface area contributed by atoms with Crippen molar-refractivity contribution in [2.45, 2.75) is 39.7 Å². The zero-order valence-electron chi connectivity index (χ0n) is 19.0. The molecule has 1 saturated heterocycles. The van der Waals surface area contributed by atoms with Crippen LogP contribution in [-0.2, 0) is 4.74 Å². The SMILES string of the molecule is CCNC(=NCC(C)CN1CCOCC1)NC(C)c1ccc(OCC2CC2)c(F)c1.I. The summed E-state index contributed by atoms with van der Waals surface area (Å²) in [6.07, 6.45) is 2.39. The molecule has 3 rings (SSSR count). The third-order valence-electron chi connectivity index (χ3n) is 5.56. The number of ether oxygens (including phenoxy) is 2. The Hall–Kier alpha value is -1.13. The Bertz CT molecular complexity index is 696. The number of nitrogens with zero attached hydrogens (tertiary/aromatic N) is 2. The highest BCUT2D eigenvalue weighted by molar-refractivity contribution is 14.0. The Morgan fingerprint density at radius 1 is 1.29 bits per heavy atom. The van der Waals surface area contributed by atoms with Crippen LogP contribution in [0.3, 0.4) is 0 Å². The molecule has 2 unspecified atom stereocenters. The van der Waals surface area contributed by atoms with Crippen molar-refractivity contribution < 1.29 is 13.9 Å². The van der Waals surface area contributed by atoms with Crippen molar-refractivity contribution in [1.82, 2.24) is 15.5 Å². The summed E-state index contributed by atoms with van der Waals surface area (Å²) in [6, 6.07) is 5.15. The van der Waals surface area contributed by atoms with Crippen molar-refractivity contribution in [3.05, 3.63) is 29.6 Å². The van der Waals surface area contributed by atoms with E-state index in [0.29, 0.717) is 24.2 Å². The lowest BCUT2D eigenvalue weighted by atomic mass is 10.1. The number of rotatable bonds is 10. The maximum atomic E-state index is 14.4. The van der Waals surface area contributed by atoms with Gasteiger partial charge < -0.3 is 20.1 Å². The van der Waals surface area contributed by atoms with Crippen LogP contribution >= 0.6 is 24.0 Å². The fraction of sp³-hybridized carbons (Fsp3) is 0.696. The smallest absolute Gasteiger partial charge is 0.191 e. The second-order valence-corrected chi connectivity index (χ2v) is 8.55. The van der Waals surface area contributed by atoms with Crippen LogP contribution < -0.4 is 15.4 Å². The van der Waals surface area contributed by atoms with Gasteiger partial charge in [-0.05, 0) is 56.2 Å². The maximum absolute atomic E-state index is 14.4. The highest BCUT2D eigenvalue weighted by Gasteiger charge is 2.22. The van der Waals surface area contributed by atoms with Crippen molar-refractivity contribution >= 4 is 29.9 Å². The Morgan fingerprint density at radius 2 is 2.03 bits per heavy atom. The van der Waals surface area contributed by atoms with Gasteiger partial charge in [0, 0.05) is 32.7 Å². The van der Waals surface area contributed by atoms with Crippen molar-refractivity contribution in [1.29, 1.82) is 0 Å². The Morgan fingerprint density at radius 3 is 2.68 bits per heavy atom. The van der Waals surface area contributed by atoms with E-state index in [1.807, 2.05) is 19.9 Å². The molecular weight excluding hydrogens is 510 g/mol. The molecule has 6 nitrogen and oxygen atoms in total. The predicted molar refractivity (Wildman–Crippen MR) is 134 cm³/mol. The van der Waals surface area contributed by atoms with Gasteiger partial charge in [0.05, 0.1) is 25.9 Å². The molecule has 0 amide bonds. The molecule has 176 valence electrons. The van der Waals surface area contributed by atoms with Gasteiger partial charge in [0.2, 0.25) is 0 Å². The molecule has 1 saturated carbocycles. The average molecular weight is 548 g/mol. The highest BCUT2D eigenvalue weighted by atomic mass is 127. The van der Waals surface area contributed by atoms with Crippen LogP contribution in [0, 0.1) is 17.7 Å². The third kappa shape index (κ3) is 9.10. The summed E-state index contributed by atoms with van der Waals surface area (Å²) in [6.45, 7) is 13.1. The zero-order chi connectivity index (χ0) is 21.3. The number of aliphatic imine (C=N–C) groups is 1. The lowest BCUT2D eigenvalue weighted by Crippen LogP contribution is -2.41. The molecule has 1 aliphatic heterocycles. The van der Waals surface area contributed by atoms with Crippen molar-refractivity contribution in [3.63, 3.8) is 0 Å². The molecule has 0 spiro atoms. The maximum Gasteiger partial charge on any atom is 0.191 e. The van der Waals surface area contributed by atoms with E-state index in [4.69, 9.17) is 14.5 Å². The van der Waals surface area contributed by atoms with Gasteiger partial charge in [0.25, 0.3) is 0 Å². The summed E-state index contributed by atoms with van der Waals surface area (Å²) in [7, 11) is 0. The van der Waals surface area contributed by atoms with E-state index in [0.717, 1.165) is 57.5 Å². The lowest BCUT2D eigenvalue weighted by molar-refractivity contribution is 0.0323. The van der Waals surface area contributed by atoms with Gasteiger partial charge in [0.15, 0.2) is 17.5 Å². The minimum absolute atomic E-state index is 0. The second-order valence-electron chi connectivity index (χ2n) is 8.55. The van der Waals surface area contributed by atoms with E-state index in [1.165, 1.54) is 12.8 Å². The molecule has 2 atom stereocenters. The molecule has 2 N–H and O–H groups in total. The van der Waals surface area contributed by atoms with Gasteiger partial charge in [-0.15, -0.1) is 24.0 Å². The zero-order valence-corrected chi connectivity index (χ0v) is 21.4. The Kier molecular flexibility index (Phi) is 11.3. The van der Waals surface area contributed by atoms with E-state index in [1.54, 1.807) is 12.1 Å². The summed E-state index contributed by atoms with van der Waals surface area (Å²) in [5, 5.41) is 6.69. The number of morpholine rings is 1. The molecule has 8 heteroatoms. The van der Waals surface area contributed by atoms with Crippen LogP contribution in [0.5, 0.6) is 5.75 Å². The molecule has 0 aromatic heterocycles. The second kappa shape index (κ2) is 13.4. The van der Waals surface area contributed by atoms with Gasteiger partial charge in [-0.25, -0.2) is 4.39 Å². The molecule has 2 fully saturated rings. The average Bonchev–Trinajstić information content (AvgIpc) is 3.56. The van der Waals surface area contributed by atoms with Crippen molar-refractivity contribution in [2.75, 3.05) is 52.5 Å². The minimum Gasteiger partial charge on any atom is -0.490 e. The van der Waals surface area contributed by atoms with Gasteiger partial charge in [-0.3, -0.25) is 9.89 Å². The van der Waals surface area contributed by atoms with Crippen LogP contribution in [0.1, 0.15) is 45.2 Å². The number of guanidine groups is 1. The van der Waals surface area contributed by atoms with Gasteiger partial charge in [0.1, 0.15) is 0 Å². The molecule has 1 heterocycles. The summed E-state index contributed by atoms with van der Waals surface area (Å²) in [5.41, 5.74) is 0.873. The molecule has 0 radical (unpaired) electrons. The minimum atomic E-state index is -0.303. The quantitative estimate of drug-likeness (QED) is 0.265. The van der Waals surface area contributed by atoms with Crippen LogP contribution in [0.2, 0.25) is 0 Å². The van der Waals surface area contributed by atoms with Crippen LogP contribution in [0.25, 0.3) is 0 Å². The van der Waals surface area contributed by atoms with Crippen LogP contribution in [0.15, 0.2) is 23.2 Å². The molecule has 1 aromatic rings. The fourth-order valence-corrected chi connectivity index (χ4v) is 3.53. The van der Waals surface area contributed by atoms with Crippen molar-refractivity contribution in [2.24, 2.45) is 16.8 Å². The van der Waals surface area contributed by atoms with Gasteiger partial charge in [-0.2, -0.15) is 0 Å². The largest absolute Gasteiger partial charge is 0.490 e.